The molecule has 0 saturated heterocycles. The Kier molecular flexibility index (Phi) is 5.56. The van der Waals surface area contributed by atoms with Crippen molar-refractivity contribution in [3.8, 4) is 0 Å². The third-order valence-corrected chi connectivity index (χ3v) is 6.44. The number of hydrogen-bond donors (Lipinski definition) is 0. The fourth-order valence-electron chi connectivity index (χ4n) is 3.70. The van der Waals surface area contributed by atoms with Crippen LogP contribution in [-0.2, 0) is 22.3 Å². The van der Waals surface area contributed by atoms with Gasteiger partial charge in [0.2, 0.25) is 5.82 Å². The summed E-state index contributed by atoms with van der Waals surface area (Å²) < 4.78 is 11.9. The number of methoxy groups -OCH3 is 2. The lowest BCUT2D eigenvalue weighted by molar-refractivity contribution is 0.0616. The molecule has 1 amide bonds. The Bertz CT molecular complexity index is 990. The van der Waals surface area contributed by atoms with Crippen molar-refractivity contribution in [3.63, 3.8) is 0 Å². The van der Waals surface area contributed by atoms with Gasteiger partial charge in [-0.25, -0.2) is 14.5 Å². The van der Waals surface area contributed by atoms with Crippen molar-refractivity contribution >= 4 is 33.1 Å². The van der Waals surface area contributed by atoms with E-state index in [2.05, 4.69) is 22.0 Å². The summed E-state index contributed by atoms with van der Waals surface area (Å²) in [5, 5.41) is 5.48. The zero-order valence-corrected chi connectivity index (χ0v) is 17.3. The quantitative estimate of drug-likeness (QED) is 0.602. The van der Waals surface area contributed by atoms with E-state index in [1.165, 1.54) is 16.9 Å². The summed E-state index contributed by atoms with van der Waals surface area (Å²) >= 11 is 1.74. The van der Waals surface area contributed by atoms with Crippen molar-refractivity contribution in [2.75, 3.05) is 40.5 Å². The van der Waals surface area contributed by atoms with Crippen molar-refractivity contribution in [1.82, 2.24) is 24.5 Å². The van der Waals surface area contributed by atoms with Gasteiger partial charge in [-0.2, -0.15) is 0 Å². The van der Waals surface area contributed by atoms with Gasteiger partial charge in [0, 0.05) is 32.2 Å². The number of aromatic nitrogens is 4. The highest BCUT2D eigenvalue weighted by atomic mass is 32.1. The second kappa shape index (κ2) is 8.10. The molecule has 0 unspecified atom stereocenters. The number of amides is 1. The summed E-state index contributed by atoms with van der Waals surface area (Å²) in [7, 11) is 3.23. The molecule has 0 fully saturated rings. The first-order valence-corrected chi connectivity index (χ1v) is 10.4. The first kappa shape index (κ1) is 19.2. The highest BCUT2D eigenvalue weighted by molar-refractivity contribution is 7.19. The van der Waals surface area contributed by atoms with Crippen LogP contribution in [0.4, 0.5) is 0 Å². The Morgan fingerprint density at radius 2 is 2.07 bits per heavy atom. The van der Waals surface area contributed by atoms with E-state index >= 15 is 0 Å². The molecular weight excluding hydrogens is 378 g/mol. The molecule has 0 saturated carbocycles. The first-order valence-electron chi connectivity index (χ1n) is 9.55. The number of fused-ring (bicyclic) bond motifs is 5. The van der Waals surface area contributed by atoms with E-state index in [4.69, 9.17) is 9.47 Å². The number of nitrogens with zero attached hydrogens (tertiary/aromatic N) is 5. The average molecular weight is 404 g/mol. The van der Waals surface area contributed by atoms with Crippen molar-refractivity contribution in [2.45, 2.75) is 26.2 Å². The summed E-state index contributed by atoms with van der Waals surface area (Å²) in [6.45, 7) is 4.11. The van der Waals surface area contributed by atoms with Crippen molar-refractivity contribution in [2.24, 2.45) is 5.92 Å². The molecule has 1 aliphatic rings. The van der Waals surface area contributed by atoms with Crippen LogP contribution in [0, 0.1) is 5.92 Å². The van der Waals surface area contributed by atoms with E-state index < -0.39 is 0 Å². The van der Waals surface area contributed by atoms with Crippen LogP contribution >= 0.6 is 11.3 Å². The second-order valence-electron chi connectivity index (χ2n) is 7.26. The Labute approximate surface area is 167 Å². The summed E-state index contributed by atoms with van der Waals surface area (Å²) in [5.41, 5.74) is 2.05. The van der Waals surface area contributed by atoms with Gasteiger partial charge in [-0.15, -0.1) is 16.4 Å². The van der Waals surface area contributed by atoms with Gasteiger partial charge in [0.25, 0.3) is 5.91 Å². The van der Waals surface area contributed by atoms with Crippen LogP contribution in [0.25, 0.3) is 15.9 Å². The number of thiophene rings is 1. The highest BCUT2D eigenvalue weighted by Gasteiger charge is 2.26. The summed E-state index contributed by atoms with van der Waals surface area (Å²) in [4.78, 5) is 26.2. The maximum absolute atomic E-state index is 13.0. The molecule has 0 spiro atoms. The second-order valence-corrected chi connectivity index (χ2v) is 8.34. The largest absolute Gasteiger partial charge is 0.383 e. The lowest BCUT2D eigenvalue weighted by Crippen LogP contribution is -2.37. The fraction of sp³-hybridized carbons (Fsp3) is 0.579. The van der Waals surface area contributed by atoms with Crippen molar-refractivity contribution < 1.29 is 14.3 Å². The van der Waals surface area contributed by atoms with Crippen molar-refractivity contribution in [3.05, 3.63) is 22.6 Å². The summed E-state index contributed by atoms with van der Waals surface area (Å²) in [5.74, 6) is 0.613. The minimum atomic E-state index is -0.219. The van der Waals surface area contributed by atoms with Gasteiger partial charge in [0.05, 0.1) is 18.6 Å². The van der Waals surface area contributed by atoms with Crippen LogP contribution in [0.5, 0.6) is 0 Å². The Balaban J connectivity index is 1.73. The van der Waals surface area contributed by atoms with Crippen LogP contribution in [-0.4, -0.2) is 70.9 Å². The van der Waals surface area contributed by atoms with E-state index in [9.17, 15) is 4.79 Å². The number of hydrogen-bond acceptors (Lipinski definition) is 7. The highest BCUT2D eigenvalue weighted by Crippen LogP contribution is 2.38. The summed E-state index contributed by atoms with van der Waals surface area (Å²) in [6.07, 6.45) is 4.98. The zero-order chi connectivity index (χ0) is 19.7. The van der Waals surface area contributed by atoms with Crippen LogP contribution < -0.4 is 0 Å². The molecule has 150 valence electrons. The lowest BCUT2D eigenvalue weighted by Gasteiger charge is -2.20. The lowest BCUT2D eigenvalue weighted by atomic mass is 9.89. The number of rotatable bonds is 7. The molecule has 9 heteroatoms. The molecule has 4 rings (SSSR count). The smallest absolute Gasteiger partial charge is 0.293 e. The number of ether oxygens (including phenoxy) is 2. The average Bonchev–Trinajstić information content (AvgIpc) is 3.28. The topological polar surface area (TPSA) is 81.9 Å². The van der Waals surface area contributed by atoms with Crippen LogP contribution in [0.1, 0.15) is 34.4 Å². The van der Waals surface area contributed by atoms with Crippen molar-refractivity contribution in [1.29, 1.82) is 0 Å². The van der Waals surface area contributed by atoms with Crippen LogP contribution in [0.3, 0.4) is 0 Å². The van der Waals surface area contributed by atoms with E-state index in [1.807, 2.05) is 0 Å². The SMILES string of the molecule is COCCN(CCOC)C(=O)c1nc2c3c4c(sc3ncn2n1)CC[C@H](C)C4. The molecule has 3 heterocycles. The standard InChI is InChI=1S/C19H25N5O3S/c1-12-4-5-14-13(10-12)15-17-21-16(22-24(17)11-20-18(15)28-14)19(25)23(6-8-26-2)7-9-27-3/h11-12H,4-10H2,1-3H3/t12-/m0/s1. The van der Waals surface area contributed by atoms with E-state index in [-0.39, 0.29) is 11.7 Å². The van der Waals surface area contributed by atoms with Gasteiger partial charge < -0.3 is 14.4 Å². The molecule has 0 N–H and O–H groups in total. The Morgan fingerprint density at radius 1 is 1.32 bits per heavy atom. The van der Waals surface area contributed by atoms with Gasteiger partial charge in [-0.05, 0) is 30.7 Å². The van der Waals surface area contributed by atoms with Crippen LogP contribution in [0.2, 0.25) is 0 Å². The molecule has 3 aromatic heterocycles. The Morgan fingerprint density at radius 3 is 2.79 bits per heavy atom. The Hall–Kier alpha value is -2.10. The molecule has 1 atom stereocenters. The zero-order valence-electron chi connectivity index (χ0n) is 16.5. The van der Waals surface area contributed by atoms with E-state index in [1.54, 1.807) is 41.3 Å². The molecule has 28 heavy (non-hydrogen) atoms. The molecule has 0 aromatic carbocycles. The molecule has 0 aliphatic heterocycles. The molecule has 0 bridgehead atoms. The maximum atomic E-state index is 13.0. The number of carbonyl (C=O) groups is 1. The maximum Gasteiger partial charge on any atom is 0.293 e. The first-order chi connectivity index (χ1) is 13.6. The normalized spacial score (nSPS) is 16.6. The summed E-state index contributed by atoms with van der Waals surface area (Å²) in [6, 6.07) is 0. The fourth-order valence-corrected chi connectivity index (χ4v) is 4.87. The van der Waals surface area contributed by atoms with Crippen LogP contribution in [0.15, 0.2) is 6.33 Å². The molecule has 0 radical (unpaired) electrons. The van der Waals surface area contributed by atoms with Gasteiger partial charge >= 0.3 is 0 Å². The van der Waals surface area contributed by atoms with Gasteiger partial charge in [-0.1, -0.05) is 6.92 Å². The van der Waals surface area contributed by atoms with E-state index in [0.717, 1.165) is 28.7 Å². The predicted molar refractivity (Wildman–Crippen MR) is 107 cm³/mol. The molecule has 3 aromatic rings. The monoisotopic (exact) mass is 403 g/mol. The van der Waals surface area contributed by atoms with E-state index in [0.29, 0.717) is 32.2 Å². The molecule has 1 aliphatic carbocycles. The molecular formula is C19H25N5O3S. The minimum absolute atomic E-state index is 0.185. The third kappa shape index (κ3) is 3.49. The number of carbonyl (C=O) groups excluding carboxylic acids is 1. The minimum Gasteiger partial charge on any atom is -0.383 e. The van der Waals surface area contributed by atoms with Gasteiger partial charge in [-0.3, -0.25) is 4.79 Å². The molecule has 8 nitrogen and oxygen atoms in total. The van der Waals surface area contributed by atoms with Gasteiger partial charge in [0.15, 0.2) is 5.65 Å². The third-order valence-electron chi connectivity index (χ3n) is 5.24. The predicted octanol–water partition coefficient (Wildman–Crippen LogP) is 2.20. The number of aryl methyl sites for hydroxylation is 1. The van der Waals surface area contributed by atoms with Gasteiger partial charge in [0.1, 0.15) is 11.2 Å².